The van der Waals surface area contributed by atoms with Crippen LogP contribution in [0.4, 0.5) is 0 Å². The predicted octanol–water partition coefficient (Wildman–Crippen LogP) is 2.21. The Balaban J connectivity index is 2.56. The molecule has 0 radical (unpaired) electrons. The molecule has 1 unspecified atom stereocenters. The molecule has 16 heavy (non-hydrogen) atoms. The third kappa shape index (κ3) is 4.21. The molecule has 1 rings (SSSR count). The zero-order valence-electron chi connectivity index (χ0n) is 10.1. The molecule has 0 spiro atoms. The number of rotatable bonds is 6. The summed E-state index contributed by atoms with van der Waals surface area (Å²) in [7, 11) is 0. The van der Waals surface area contributed by atoms with Crippen LogP contribution >= 0.6 is 0 Å². The molecule has 0 fully saturated rings. The SMILES string of the molecule is CC(C)Oc1ccc(C(N)CCCN)cc1. The van der Waals surface area contributed by atoms with E-state index in [0.717, 1.165) is 24.2 Å². The maximum atomic E-state index is 6.04. The molecule has 1 aromatic carbocycles. The van der Waals surface area contributed by atoms with E-state index < -0.39 is 0 Å². The van der Waals surface area contributed by atoms with Gasteiger partial charge in [0.15, 0.2) is 0 Å². The van der Waals surface area contributed by atoms with Crippen LogP contribution in [0.3, 0.4) is 0 Å². The normalized spacial score (nSPS) is 12.8. The van der Waals surface area contributed by atoms with Crippen LogP contribution in [0.1, 0.15) is 38.3 Å². The van der Waals surface area contributed by atoms with Crippen molar-refractivity contribution in [2.45, 2.75) is 38.8 Å². The molecule has 0 bridgehead atoms. The fourth-order valence-corrected chi connectivity index (χ4v) is 1.57. The van der Waals surface area contributed by atoms with E-state index in [9.17, 15) is 0 Å². The van der Waals surface area contributed by atoms with Crippen LogP contribution in [0, 0.1) is 0 Å². The van der Waals surface area contributed by atoms with Crippen LogP contribution in [0.2, 0.25) is 0 Å². The van der Waals surface area contributed by atoms with Gasteiger partial charge in [0.1, 0.15) is 5.75 Å². The molecule has 0 aromatic heterocycles. The first-order valence-electron chi connectivity index (χ1n) is 5.85. The first kappa shape index (κ1) is 13.0. The van der Waals surface area contributed by atoms with Gasteiger partial charge in [-0.25, -0.2) is 0 Å². The Hall–Kier alpha value is -1.06. The molecule has 0 aliphatic carbocycles. The van der Waals surface area contributed by atoms with Crippen molar-refractivity contribution in [2.24, 2.45) is 11.5 Å². The average Bonchev–Trinajstić information content (AvgIpc) is 2.26. The maximum absolute atomic E-state index is 6.04. The number of hydrogen-bond acceptors (Lipinski definition) is 3. The van der Waals surface area contributed by atoms with Gasteiger partial charge in [-0.3, -0.25) is 0 Å². The van der Waals surface area contributed by atoms with Gasteiger partial charge in [-0.1, -0.05) is 12.1 Å². The third-order valence-corrected chi connectivity index (χ3v) is 2.40. The standard InChI is InChI=1S/C13H22N2O/c1-10(2)16-12-7-5-11(6-8-12)13(15)4-3-9-14/h5-8,10,13H,3-4,9,14-15H2,1-2H3. The molecule has 0 aliphatic heterocycles. The van der Waals surface area contributed by atoms with Crippen molar-refractivity contribution >= 4 is 0 Å². The second-order valence-corrected chi connectivity index (χ2v) is 4.27. The number of ether oxygens (including phenoxy) is 1. The first-order valence-corrected chi connectivity index (χ1v) is 5.85. The Morgan fingerprint density at radius 3 is 2.31 bits per heavy atom. The fourth-order valence-electron chi connectivity index (χ4n) is 1.57. The van der Waals surface area contributed by atoms with Crippen molar-refractivity contribution in [3.63, 3.8) is 0 Å². The largest absolute Gasteiger partial charge is 0.491 e. The highest BCUT2D eigenvalue weighted by molar-refractivity contribution is 5.29. The molecule has 3 nitrogen and oxygen atoms in total. The van der Waals surface area contributed by atoms with Gasteiger partial charge in [0.25, 0.3) is 0 Å². The van der Waals surface area contributed by atoms with Crippen molar-refractivity contribution in [3.8, 4) is 5.75 Å². The highest BCUT2D eigenvalue weighted by Crippen LogP contribution is 2.19. The molecule has 0 amide bonds. The van der Waals surface area contributed by atoms with Gasteiger partial charge in [0, 0.05) is 6.04 Å². The van der Waals surface area contributed by atoms with E-state index in [1.54, 1.807) is 0 Å². The molecule has 90 valence electrons. The molecule has 0 saturated carbocycles. The van der Waals surface area contributed by atoms with E-state index in [0.29, 0.717) is 6.54 Å². The maximum Gasteiger partial charge on any atom is 0.119 e. The summed E-state index contributed by atoms with van der Waals surface area (Å²) in [6.07, 6.45) is 2.10. The van der Waals surface area contributed by atoms with Gasteiger partial charge in [-0.15, -0.1) is 0 Å². The minimum absolute atomic E-state index is 0.0802. The van der Waals surface area contributed by atoms with E-state index in [-0.39, 0.29) is 12.1 Å². The topological polar surface area (TPSA) is 61.3 Å². The molecule has 0 saturated heterocycles. The summed E-state index contributed by atoms with van der Waals surface area (Å²) in [6.45, 7) is 4.73. The number of benzene rings is 1. The molecule has 1 atom stereocenters. The zero-order valence-corrected chi connectivity index (χ0v) is 10.1. The highest BCUT2D eigenvalue weighted by Gasteiger charge is 2.05. The lowest BCUT2D eigenvalue weighted by atomic mass is 10.0. The summed E-state index contributed by atoms with van der Waals surface area (Å²) < 4.78 is 5.57. The van der Waals surface area contributed by atoms with Crippen molar-refractivity contribution in [2.75, 3.05) is 6.54 Å². The van der Waals surface area contributed by atoms with E-state index in [1.807, 2.05) is 38.1 Å². The van der Waals surface area contributed by atoms with Crippen LogP contribution in [0.5, 0.6) is 5.75 Å². The summed E-state index contributed by atoms with van der Waals surface area (Å²) in [5.41, 5.74) is 12.6. The van der Waals surface area contributed by atoms with E-state index >= 15 is 0 Å². The fraction of sp³-hybridized carbons (Fsp3) is 0.538. The second-order valence-electron chi connectivity index (χ2n) is 4.27. The van der Waals surface area contributed by atoms with Gasteiger partial charge in [-0.2, -0.15) is 0 Å². The van der Waals surface area contributed by atoms with E-state index in [4.69, 9.17) is 16.2 Å². The summed E-state index contributed by atoms with van der Waals surface area (Å²) in [6, 6.07) is 8.07. The first-order chi connectivity index (χ1) is 7.63. The van der Waals surface area contributed by atoms with Crippen LogP contribution in [0.15, 0.2) is 24.3 Å². The zero-order chi connectivity index (χ0) is 12.0. The van der Waals surface area contributed by atoms with Gasteiger partial charge >= 0.3 is 0 Å². The summed E-state index contributed by atoms with van der Waals surface area (Å²) in [5.74, 6) is 0.893. The van der Waals surface area contributed by atoms with Crippen molar-refractivity contribution in [1.29, 1.82) is 0 Å². The Morgan fingerprint density at radius 1 is 1.19 bits per heavy atom. The van der Waals surface area contributed by atoms with Crippen molar-refractivity contribution in [3.05, 3.63) is 29.8 Å². The minimum atomic E-state index is 0.0802. The Morgan fingerprint density at radius 2 is 1.81 bits per heavy atom. The molecule has 3 heteroatoms. The molecule has 0 aliphatic rings. The van der Waals surface area contributed by atoms with Crippen molar-refractivity contribution in [1.82, 2.24) is 0 Å². The van der Waals surface area contributed by atoms with Crippen LogP contribution in [0.25, 0.3) is 0 Å². The average molecular weight is 222 g/mol. The second kappa shape index (κ2) is 6.51. The predicted molar refractivity (Wildman–Crippen MR) is 67.4 cm³/mol. The van der Waals surface area contributed by atoms with E-state index in [2.05, 4.69) is 0 Å². The lowest BCUT2D eigenvalue weighted by Gasteiger charge is -2.13. The van der Waals surface area contributed by atoms with Crippen LogP contribution in [-0.2, 0) is 0 Å². The smallest absolute Gasteiger partial charge is 0.119 e. The van der Waals surface area contributed by atoms with Crippen LogP contribution < -0.4 is 16.2 Å². The van der Waals surface area contributed by atoms with Gasteiger partial charge in [0.05, 0.1) is 6.10 Å². The summed E-state index contributed by atoms with van der Waals surface area (Å²) in [5, 5.41) is 0. The lowest BCUT2D eigenvalue weighted by molar-refractivity contribution is 0.242. The van der Waals surface area contributed by atoms with Crippen LogP contribution in [-0.4, -0.2) is 12.6 Å². The number of nitrogens with two attached hydrogens (primary N) is 2. The lowest BCUT2D eigenvalue weighted by Crippen LogP contribution is -2.12. The van der Waals surface area contributed by atoms with Gasteiger partial charge in [0.2, 0.25) is 0 Å². The molecular weight excluding hydrogens is 200 g/mol. The molecular formula is C13H22N2O. The van der Waals surface area contributed by atoms with E-state index in [1.165, 1.54) is 0 Å². The molecule has 1 aromatic rings. The Labute approximate surface area is 97.8 Å². The quantitative estimate of drug-likeness (QED) is 0.775. The minimum Gasteiger partial charge on any atom is -0.491 e. The highest BCUT2D eigenvalue weighted by atomic mass is 16.5. The number of hydrogen-bond donors (Lipinski definition) is 2. The Kier molecular flexibility index (Phi) is 5.29. The molecule has 4 N–H and O–H groups in total. The summed E-state index contributed by atoms with van der Waals surface area (Å²) >= 11 is 0. The van der Waals surface area contributed by atoms with Gasteiger partial charge in [-0.05, 0) is 50.9 Å². The monoisotopic (exact) mass is 222 g/mol. The van der Waals surface area contributed by atoms with Crippen molar-refractivity contribution < 1.29 is 4.74 Å². The third-order valence-electron chi connectivity index (χ3n) is 2.40. The Bertz CT molecular complexity index is 295. The molecule has 0 heterocycles. The van der Waals surface area contributed by atoms with Gasteiger partial charge < -0.3 is 16.2 Å². The summed E-state index contributed by atoms with van der Waals surface area (Å²) in [4.78, 5) is 0.